The largest absolute Gasteiger partial charge is 0.351 e. The number of hydrogen-bond donors (Lipinski definition) is 1. The highest BCUT2D eigenvalue weighted by Gasteiger charge is 2.28. The molecule has 2 aromatic rings. The number of nitro groups is 1. The van der Waals surface area contributed by atoms with Crippen molar-refractivity contribution in [2.45, 2.75) is 39.0 Å². The quantitative estimate of drug-likeness (QED) is 0.361. The fourth-order valence-corrected chi connectivity index (χ4v) is 3.60. The Morgan fingerprint density at radius 3 is 2.62 bits per heavy atom. The standard InChI is InChI=1S/C22H28N6O4/c1-2-3-4-7-13-23-21(29)18-11-12-20(25-24-18)26-14-8-15-27(16-26)22(30)17-9-5-6-10-19(17)28(31)32/h5-6,9-12H,2-4,7-8,13-16H2,1H3,(H,23,29). The van der Waals surface area contributed by atoms with Gasteiger partial charge in [0.1, 0.15) is 5.56 Å². The zero-order valence-electron chi connectivity index (χ0n) is 18.2. The van der Waals surface area contributed by atoms with Crippen LogP contribution >= 0.6 is 0 Å². The van der Waals surface area contributed by atoms with Crippen LogP contribution in [-0.2, 0) is 0 Å². The maximum absolute atomic E-state index is 12.9. The van der Waals surface area contributed by atoms with Crippen LogP contribution in [-0.4, -0.2) is 58.1 Å². The summed E-state index contributed by atoms with van der Waals surface area (Å²) in [5.41, 5.74) is 0.102. The monoisotopic (exact) mass is 440 g/mol. The molecule has 0 radical (unpaired) electrons. The van der Waals surface area contributed by atoms with E-state index in [9.17, 15) is 19.7 Å². The van der Waals surface area contributed by atoms with Crippen LogP contribution in [0.15, 0.2) is 36.4 Å². The van der Waals surface area contributed by atoms with Gasteiger partial charge in [-0.15, -0.1) is 10.2 Å². The summed E-state index contributed by atoms with van der Waals surface area (Å²) in [6, 6.07) is 9.27. The fraction of sp³-hybridized carbons (Fsp3) is 0.455. The summed E-state index contributed by atoms with van der Waals surface area (Å²) in [7, 11) is 0. The van der Waals surface area contributed by atoms with Crippen LogP contribution < -0.4 is 10.2 Å². The molecule has 1 fully saturated rings. The van der Waals surface area contributed by atoms with E-state index < -0.39 is 10.8 Å². The van der Waals surface area contributed by atoms with Crippen molar-refractivity contribution in [3.05, 3.63) is 57.8 Å². The summed E-state index contributed by atoms with van der Waals surface area (Å²) in [4.78, 5) is 39.3. The number of carbonyl (C=O) groups excluding carboxylic acids is 2. The van der Waals surface area contributed by atoms with Gasteiger partial charge in [-0.05, 0) is 31.0 Å². The predicted octanol–water partition coefficient (Wildman–Crippen LogP) is 3.00. The van der Waals surface area contributed by atoms with Gasteiger partial charge >= 0.3 is 0 Å². The predicted molar refractivity (Wildman–Crippen MR) is 119 cm³/mol. The van der Waals surface area contributed by atoms with Gasteiger partial charge in [-0.1, -0.05) is 38.3 Å². The molecule has 1 aromatic carbocycles. The Balaban J connectivity index is 1.61. The number of aromatic nitrogens is 2. The SMILES string of the molecule is CCCCCCNC(=O)c1ccc(N2CCCN(C(=O)c3ccccc3[N+](=O)[O-])C2)nn1. The average Bonchev–Trinajstić information content (AvgIpc) is 2.83. The molecule has 0 atom stereocenters. The van der Waals surface area contributed by atoms with Crippen LogP contribution in [0.2, 0.25) is 0 Å². The lowest BCUT2D eigenvalue weighted by molar-refractivity contribution is -0.385. The van der Waals surface area contributed by atoms with Gasteiger partial charge in [0.05, 0.1) is 11.6 Å². The van der Waals surface area contributed by atoms with E-state index in [1.54, 1.807) is 23.1 Å². The zero-order valence-corrected chi connectivity index (χ0v) is 18.2. The molecule has 1 aromatic heterocycles. The van der Waals surface area contributed by atoms with Gasteiger partial charge < -0.3 is 15.1 Å². The van der Waals surface area contributed by atoms with Crippen molar-refractivity contribution < 1.29 is 14.5 Å². The average molecular weight is 441 g/mol. The highest BCUT2D eigenvalue weighted by Crippen LogP contribution is 2.22. The topological polar surface area (TPSA) is 122 Å². The van der Waals surface area contributed by atoms with E-state index in [2.05, 4.69) is 22.4 Å². The normalized spacial score (nSPS) is 13.7. The fourth-order valence-electron chi connectivity index (χ4n) is 3.60. The van der Waals surface area contributed by atoms with Gasteiger partial charge in [-0.25, -0.2) is 0 Å². The maximum atomic E-state index is 12.9. The minimum atomic E-state index is -0.548. The number of anilines is 1. The highest BCUT2D eigenvalue weighted by molar-refractivity contribution is 5.98. The highest BCUT2D eigenvalue weighted by atomic mass is 16.6. The summed E-state index contributed by atoms with van der Waals surface area (Å²) >= 11 is 0. The zero-order chi connectivity index (χ0) is 22.9. The number of unbranched alkanes of at least 4 members (excludes halogenated alkanes) is 3. The first-order chi connectivity index (χ1) is 15.5. The van der Waals surface area contributed by atoms with E-state index in [4.69, 9.17) is 0 Å². The first-order valence-corrected chi connectivity index (χ1v) is 10.9. The molecule has 0 bridgehead atoms. The van der Waals surface area contributed by atoms with Crippen LogP contribution in [0, 0.1) is 10.1 Å². The van der Waals surface area contributed by atoms with Gasteiger partial charge in [0.2, 0.25) is 0 Å². The number of para-hydroxylation sites is 1. The van der Waals surface area contributed by atoms with Crippen molar-refractivity contribution >= 4 is 23.3 Å². The number of nitro benzene ring substituents is 1. The van der Waals surface area contributed by atoms with Gasteiger partial charge in [0, 0.05) is 25.7 Å². The second-order valence-corrected chi connectivity index (χ2v) is 7.69. The van der Waals surface area contributed by atoms with Crippen LogP contribution in [0.5, 0.6) is 0 Å². The second kappa shape index (κ2) is 11.2. The summed E-state index contributed by atoms with van der Waals surface area (Å²) < 4.78 is 0. The molecule has 0 aliphatic carbocycles. The molecule has 0 saturated carbocycles. The summed E-state index contributed by atoms with van der Waals surface area (Å²) in [5.74, 6) is -0.106. The Morgan fingerprint density at radius 2 is 1.91 bits per heavy atom. The molecule has 1 N–H and O–H groups in total. The van der Waals surface area contributed by atoms with E-state index in [1.807, 2.05) is 4.90 Å². The number of amides is 2. The Kier molecular flexibility index (Phi) is 8.07. The van der Waals surface area contributed by atoms with E-state index >= 15 is 0 Å². The number of carbonyl (C=O) groups is 2. The molecule has 10 nitrogen and oxygen atoms in total. The molecule has 1 aliphatic rings. The molecule has 2 heterocycles. The number of nitrogens with zero attached hydrogens (tertiary/aromatic N) is 5. The molecular weight excluding hydrogens is 412 g/mol. The molecule has 1 aliphatic heterocycles. The van der Waals surface area contributed by atoms with Gasteiger partial charge in [-0.2, -0.15) is 0 Å². The molecule has 32 heavy (non-hydrogen) atoms. The summed E-state index contributed by atoms with van der Waals surface area (Å²) in [6.45, 7) is 4.14. The lowest BCUT2D eigenvalue weighted by atomic mass is 10.1. The van der Waals surface area contributed by atoms with Crippen molar-refractivity contribution in [2.24, 2.45) is 0 Å². The van der Waals surface area contributed by atoms with Crippen LogP contribution in [0.25, 0.3) is 0 Å². The number of hydrogen-bond acceptors (Lipinski definition) is 7. The third kappa shape index (κ3) is 5.77. The Morgan fingerprint density at radius 1 is 1.09 bits per heavy atom. The number of benzene rings is 1. The van der Waals surface area contributed by atoms with E-state index in [0.717, 1.165) is 25.7 Å². The van der Waals surface area contributed by atoms with Crippen molar-refractivity contribution in [3.8, 4) is 0 Å². The second-order valence-electron chi connectivity index (χ2n) is 7.69. The molecular formula is C22H28N6O4. The third-order valence-electron chi connectivity index (χ3n) is 5.34. The summed E-state index contributed by atoms with van der Waals surface area (Å²) in [5, 5.41) is 22.3. The number of nitrogens with one attached hydrogen (secondary N) is 1. The Bertz CT molecular complexity index is 950. The maximum Gasteiger partial charge on any atom is 0.282 e. The van der Waals surface area contributed by atoms with Crippen molar-refractivity contribution in [3.63, 3.8) is 0 Å². The van der Waals surface area contributed by atoms with Gasteiger partial charge in [0.25, 0.3) is 17.5 Å². The van der Waals surface area contributed by atoms with E-state index in [1.165, 1.54) is 18.2 Å². The molecule has 170 valence electrons. The van der Waals surface area contributed by atoms with E-state index in [-0.39, 0.29) is 29.5 Å². The van der Waals surface area contributed by atoms with Crippen molar-refractivity contribution in [1.29, 1.82) is 0 Å². The van der Waals surface area contributed by atoms with Crippen LogP contribution in [0.1, 0.15) is 59.9 Å². The molecule has 2 amide bonds. The minimum absolute atomic E-state index is 0.0661. The third-order valence-corrected chi connectivity index (χ3v) is 5.34. The first-order valence-electron chi connectivity index (χ1n) is 10.9. The van der Waals surface area contributed by atoms with Crippen molar-refractivity contribution in [2.75, 3.05) is 31.2 Å². The smallest absolute Gasteiger partial charge is 0.282 e. The molecule has 0 unspecified atom stereocenters. The minimum Gasteiger partial charge on any atom is -0.351 e. The van der Waals surface area contributed by atoms with Gasteiger partial charge in [-0.3, -0.25) is 19.7 Å². The van der Waals surface area contributed by atoms with Crippen LogP contribution in [0.4, 0.5) is 11.5 Å². The first kappa shape index (κ1) is 23.1. The van der Waals surface area contributed by atoms with E-state index in [0.29, 0.717) is 31.9 Å². The van der Waals surface area contributed by atoms with Gasteiger partial charge in [0.15, 0.2) is 11.5 Å². The van der Waals surface area contributed by atoms with Crippen LogP contribution in [0.3, 0.4) is 0 Å². The molecule has 10 heteroatoms. The number of rotatable bonds is 9. The molecule has 1 saturated heterocycles. The lowest BCUT2D eigenvalue weighted by Gasteiger charge is -2.36. The van der Waals surface area contributed by atoms with Crippen molar-refractivity contribution in [1.82, 2.24) is 20.4 Å². The lowest BCUT2D eigenvalue weighted by Crippen LogP contribution is -2.48. The Labute approximate surface area is 186 Å². The molecule has 0 spiro atoms. The Hall–Kier alpha value is -3.56. The summed E-state index contributed by atoms with van der Waals surface area (Å²) in [6.07, 6.45) is 4.99. The molecule has 3 rings (SSSR count).